The summed E-state index contributed by atoms with van der Waals surface area (Å²) in [6.45, 7) is 6.52. The molecule has 4 aromatic rings. The Balaban J connectivity index is 1.84. The number of hydrogen-bond acceptors (Lipinski definition) is 0. The summed E-state index contributed by atoms with van der Waals surface area (Å²) in [4.78, 5) is 0. The molecule has 0 aliphatic heterocycles. The van der Waals surface area contributed by atoms with Crippen molar-refractivity contribution in [3.05, 3.63) is 89.6 Å². The van der Waals surface area contributed by atoms with E-state index in [0.29, 0.717) is 0 Å². The molecule has 128 valence electrons. The molecule has 26 heavy (non-hydrogen) atoms. The van der Waals surface area contributed by atoms with Gasteiger partial charge in [-0.15, -0.1) is 0 Å². The smallest absolute Gasteiger partial charge is 0.200 e. The lowest BCUT2D eigenvalue weighted by Gasteiger charge is -2.10. The predicted octanol–water partition coefficient (Wildman–Crippen LogP) is 5.92. The van der Waals surface area contributed by atoms with E-state index in [0.717, 1.165) is 0 Å². The van der Waals surface area contributed by atoms with Crippen molar-refractivity contribution in [2.24, 2.45) is 7.05 Å². The number of benzene rings is 3. The molecule has 4 rings (SSSR count). The molecule has 0 atom stereocenters. The molecule has 0 amide bonds. The van der Waals surface area contributed by atoms with Gasteiger partial charge in [-0.2, -0.15) is 0 Å². The summed E-state index contributed by atoms with van der Waals surface area (Å²) in [7, 11) is 2.13. The van der Waals surface area contributed by atoms with Gasteiger partial charge in [0.15, 0.2) is 6.20 Å². The van der Waals surface area contributed by atoms with Crippen LogP contribution in [-0.2, 0) is 7.05 Å². The van der Waals surface area contributed by atoms with Gasteiger partial charge >= 0.3 is 0 Å². The molecule has 1 heteroatoms. The van der Waals surface area contributed by atoms with Gasteiger partial charge < -0.3 is 0 Å². The van der Waals surface area contributed by atoms with Crippen molar-refractivity contribution in [2.75, 3.05) is 0 Å². The lowest BCUT2D eigenvalue weighted by Crippen LogP contribution is -2.31. The number of fused-ring (bicyclic) bond motifs is 1. The Kier molecular flexibility index (Phi) is 4.08. The zero-order valence-electron chi connectivity index (χ0n) is 15.9. The number of nitrogens with zero attached hydrogens (tertiary/aromatic N) is 1. The minimum Gasteiger partial charge on any atom is -0.200 e. The van der Waals surface area contributed by atoms with Gasteiger partial charge in [-0.25, -0.2) is 4.57 Å². The molecule has 1 aromatic heterocycles. The number of aromatic nitrogens is 1. The summed E-state index contributed by atoms with van der Waals surface area (Å²) in [5, 5.41) is 2.59. The molecule has 0 unspecified atom stereocenters. The van der Waals surface area contributed by atoms with Gasteiger partial charge in [-0.1, -0.05) is 54.1 Å². The molecule has 0 fully saturated rings. The van der Waals surface area contributed by atoms with Crippen LogP contribution < -0.4 is 4.57 Å². The van der Waals surface area contributed by atoms with E-state index in [4.69, 9.17) is 0 Å². The quantitative estimate of drug-likeness (QED) is 0.399. The highest BCUT2D eigenvalue weighted by atomic mass is 14.9. The Morgan fingerprint density at radius 1 is 0.654 bits per heavy atom. The third kappa shape index (κ3) is 2.90. The fraction of sp³-hybridized carbons (Fsp3) is 0.160. The van der Waals surface area contributed by atoms with Crippen molar-refractivity contribution in [1.29, 1.82) is 0 Å². The maximum absolute atomic E-state index is 2.30. The first-order valence-electron chi connectivity index (χ1n) is 9.10. The Morgan fingerprint density at radius 2 is 1.38 bits per heavy atom. The zero-order chi connectivity index (χ0) is 18.3. The molecule has 0 bridgehead atoms. The largest absolute Gasteiger partial charge is 0.212 e. The van der Waals surface area contributed by atoms with Crippen LogP contribution >= 0.6 is 0 Å². The highest BCUT2D eigenvalue weighted by molar-refractivity contribution is 5.88. The van der Waals surface area contributed by atoms with Crippen molar-refractivity contribution in [2.45, 2.75) is 20.8 Å². The Labute approximate surface area is 155 Å². The Hall–Kier alpha value is -2.93. The molecular weight excluding hydrogens is 314 g/mol. The van der Waals surface area contributed by atoms with E-state index < -0.39 is 0 Å². The van der Waals surface area contributed by atoms with Crippen molar-refractivity contribution < 1.29 is 4.57 Å². The summed E-state index contributed by atoms with van der Waals surface area (Å²) in [5.41, 5.74) is 9.00. The summed E-state index contributed by atoms with van der Waals surface area (Å²) in [5.74, 6) is 0. The Bertz CT molecular complexity index is 1120. The highest BCUT2D eigenvalue weighted by Crippen LogP contribution is 2.29. The molecular formula is C25H24N+. The van der Waals surface area contributed by atoms with E-state index in [1.54, 1.807) is 0 Å². The summed E-state index contributed by atoms with van der Waals surface area (Å²) < 4.78 is 2.24. The standard InChI is InChI=1S/C25H24N/c1-17-9-10-21-15-22(12-11-20(21)13-17)24-16-26(4)25(14-19(24)3)23-8-6-5-7-18(23)2/h5-16H,1-4H3/q+1. The first-order valence-corrected chi connectivity index (χ1v) is 9.10. The lowest BCUT2D eigenvalue weighted by molar-refractivity contribution is -0.660. The third-order valence-corrected chi connectivity index (χ3v) is 5.21. The molecule has 0 aliphatic carbocycles. The van der Waals surface area contributed by atoms with Crippen LogP contribution in [0.2, 0.25) is 0 Å². The van der Waals surface area contributed by atoms with E-state index in [1.165, 1.54) is 49.8 Å². The van der Waals surface area contributed by atoms with Crippen LogP contribution in [0.15, 0.2) is 72.9 Å². The molecule has 0 saturated heterocycles. The second-order valence-electron chi connectivity index (χ2n) is 7.25. The number of hydrogen-bond donors (Lipinski definition) is 0. The number of aryl methyl sites for hydroxylation is 4. The van der Waals surface area contributed by atoms with Crippen molar-refractivity contribution in [1.82, 2.24) is 0 Å². The molecule has 1 nitrogen and oxygen atoms in total. The summed E-state index contributed by atoms with van der Waals surface area (Å²) in [6.07, 6.45) is 2.26. The second kappa shape index (κ2) is 6.42. The van der Waals surface area contributed by atoms with E-state index >= 15 is 0 Å². The van der Waals surface area contributed by atoms with Crippen molar-refractivity contribution >= 4 is 10.8 Å². The average molecular weight is 338 g/mol. The fourth-order valence-corrected chi connectivity index (χ4v) is 3.71. The number of rotatable bonds is 2. The third-order valence-electron chi connectivity index (χ3n) is 5.21. The van der Waals surface area contributed by atoms with E-state index in [9.17, 15) is 0 Å². The molecule has 0 radical (unpaired) electrons. The first-order chi connectivity index (χ1) is 12.5. The lowest BCUT2D eigenvalue weighted by atomic mass is 9.96. The fourth-order valence-electron chi connectivity index (χ4n) is 3.71. The summed E-state index contributed by atoms with van der Waals surface area (Å²) in [6, 6.07) is 24.3. The predicted molar refractivity (Wildman–Crippen MR) is 110 cm³/mol. The molecule has 0 saturated carbocycles. The van der Waals surface area contributed by atoms with E-state index in [-0.39, 0.29) is 0 Å². The second-order valence-corrected chi connectivity index (χ2v) is 7.25. The molecule has 1 heterocycles. The van der Waals surface area contributed by atoms with Gasteiger partial charge in [0.1, 0.15) is 7.05 Å². The minimum atomic E-state index is 1.25. The molecule has 0 N–H and O–H groups in total. The van der Waals surface area contributed by atoms with E-state index in [2.05, 4.69) is 105 Å². The minimum absolute atomic E-state index is 1.25. The van der Waals surface area contributed by atoms with Gasteiger partial charge in [-0.3, -0.25) is 0 Å². The molecule has 0 spiro atoms. The Morgan fingerprint density at radius 3 is 2.19 bits per heavy atom. The maximum atomic E-state index is 2.30. The maximum Gasteiger partial charge on any atom is 0.212 e. The van der Waals surface area contributed by atoms with Gasteiger partial charge in [0.2, 0.25) is 5.69 Å². The zero-order valence-corrected chi connectivity index (χ0v) is 15.9. The summed E-state index contributed by atoms with van der Waals surface area (Å²) >= 11 is 0. The monoisotopic (exact) mass is 338 g/mol. The number of pyridine rings is 1. The van der Waals surface area contributed by atoms with Gasteiger partial charge in [0.05, 0.1) is 0 Å². The SMILES string of the molecule is Cc1ccc2cc(-c3c[n+](C)c(-c4ccccc4C)cc3C)ccc2c1. The van der Waals surface area contributed by atoms with Crippen LogP contribution in [0.1, 0.15) is 16.7 Å². The average Bonchev–Trinajstić information content (AvgIpc) is 2.63. The van der Waals surface area contributed by atoms with Gasteiger partial charge in [0, 0.05) is 17.2 Å². The van der Waals surface area contributed by atoms with Gasteiger partial charge in [-0.05, 0) is 60.4 Å². The topological polar surface area (TPSA) is 3.88 Å². The molecule has 3 aromatic carbocycles. The highest BCUT2D eigenvalue weighted by Gasteiger charge is 2.16. The van der Waals surface area contributed by atoms with Crippen molar-refractivity contribution in [3.63, 3.8) is 0 Å². The molecule has 0 aliphatic rings. The van der Waals surface area contributed by atoms with Gasteiger partial charge in [0.25, 0.3) is 0 Å². The van der Waals surface area contributed by atoms with Crippen molar-refractivity contribution in [3.8, 4) is 22.4 Å². The van der Waals surface area contributed by atoms with E-state index in [1.807, 2.05) is 0 Å². The van der Waals surface area contributed by atoms with Crippen LogP contribution in [0.5, 0.6) is 0 Å². The van der Waals surface area contributed by atoms with Crippen LogP contribution in [0.25, 0.3) is 33.2 Å². The van der Waals surface area contributed by atoms with Crippen LogP contribution in [-0.4, -0.2) is 0 Å². The normalized spacial score (nSPS) is 11.1. The first kappa shape index (κ1) is 16.5. The van der Waals surface area contributed by atoms with Crippen LogP contribution in [0.4, 0.5) is 0 Å². The van der Waals surface area contributed by atoms with Crippen LogP contribution in [0, 0.1) is 20.8 Å². The van der Waals surface area contributed by atoms with Crippen LogP contribution in [0.3, 0.4) is 0 Å².